The topological polar surface area (TPSA) is 210 Å². The summed E-state index contributed by atoms with van der Waals surface area (Å²) < 4.78 is 33.4. The number of hydrogen-bond acceptors (Lipinski definition) is 12. The molecule has 6 N–H and O–H groups in total. The largest absolute Gasteiger partial charge is 0.472 e. The minimum absolute atomic E-state index is 0.0508. The molecule has 0 spiro atoms. The molecular formula is C44H77O13P. The van der Waals surface area contributed by atoms with Crippen LogP contribution < -0.4 is 0 Å². The molecular weight excluding hydrogens is 767 g/mol. The first-order chi connectivity index (χ1) is 27.9. The van der Waals surface area contributed by atoms with Gasteiger partial charge in [-0.25, -0.2) is 4.57 Å². The number of aliphatic hydroxyl groups excluding tert-OH is 5. The molecule has 13 nitrogen and oxygen atoms in total. The van der Waals surface area contributed by atoms with Crippen LogP contribution in [0.25, 0.3) is 0 Å². The van der Waals surface area contributed by atoms with Crippen LogP contribution in [0.4, 0.5) is 0 Å². The Hall–Kier alpha value is -2.19. The fourth-order valence-electron chi connectivity index (χ4n) is 6.47. The van der Waals surface area contributed by atoms with Gasteiger partial charge in [0.1, 0.15) is 43.2 Å². The molecule has 0 bridgehead atoms. The Balaban J connectivity index is 2.49. The maximum absolute atomic E-state index is 12.8. The van der Waals surface area contributed by atoms with Gasteiger partial charge in [0.25, 0.3) is 0 Å². The van der Waals surface area contributed by atoms with E-state index in [0.29, 0.717) is 12.8 Å². The molecule has 0 aromatic rings. The second-order valence-electron chi connectivity index (χ2n) is 15.3. The van der Waals surface area contributed by atoms with E-state index < -0.39 is 75.7 Å². The fourth-order valence-corrected chi connectivity index (χ4v) is 7.45. The predicted octanol–water partition coefficient (Wildman–Crippen LogP) is 8.00. The standard InChI is InChI=1S/C44H77O13P/c1-3-5-7-9-11-13-15-17-18-19-21-22-24-26-28-30-32-37(45)54-34-36(35-55-58(52,53)57-44-42(50)40(48)39(47)41(49)43(44)51)56-38(46)33-31-29-27-25-23-20-16-14-12-10-8-6-4-2/h6,8,10,12,14,16,20,23,36,39-44,47-51H,3-5,7,9,11,13,15,17-19,21-22,24-35H2,1-2H3,(H,52,53)/b8-6+,12-10+,16-14+,23-20+/t36?,39?,40-,41?,42?,43?,44?/m0/s1. The molecule has 7 unspecified atom stereocenters. The van der Waals surface area contributed by atoms with E-state index in [1.807, 2.05) is 42.5 Å². The number of unbranched alkanes of at least 4 members (excludes halogenated alkanes) is 18. The first kappa shape index (κ1) is 53.8. The number of carbonyl (C=O) groups excluding carboxylic acids is 2. The van der Waals surface area contributed by atoms with Crippen molar-refractivity contribution < 1.29 is 63.1 Å². The van der Waals surface area contributed by atoms with E-state index in [1.54, 1.807) is 0 Å². The molecule has 0 amide bonds. The lowest BCUT2D eigenvalue weighted by atomic mass is 9.85. The molecule has 1 fully saturated rings. The second kappa shape index (κ2) is 34.5. The minimum Gasteiger partial charge on any atom is -0.462 e. The molecule has 336 valence electrons. The highest BCUT2D eigenvalue weighted by atomic mass is 31.2. The van der Waals surface area contributed by atoms with Crippen LogP contribution in [-0.4, -0.2) is 98.3 Å². The number of aliphatic hydroxyl groups is 5. The molecule has 0 aliphatic heterocycles. The van der Waals surface area contributed by atoms with Crippen molar-refractivity contribution in [1.29, 1.82) is 0 Å². The van der Waals surface area contributed by atoms with Crippen molar-refractivity contribution in [3.8, 4) is 0 Å². The summed E-state index contributed by atoms with van der Waals surface area (Å²) in [6, 6.07) is 0. The first-order valence-electron chi connectivity index (χ1n) is 22.0. The molecule has 1 saturated carbocycles. The van der Waals surface area contributed by atoms with E-state index in [0.717, 1.165) is 44.9 Å². The molecule has 14 heteroatoms. The van der Waals surface area contributed by atoms with Crippen molar-refractivity contribution in [2.45, 2.75) is 204 Å². The van der Waals surface area contributed by atoms with Gasteiger partial charge in [0.2, 0.25) is 0 Å². The monoisotopic (exact) mass is 845 g/mol. The van der Waals surface area contributed by atoms with Gasteiger partial charge < -0.3 is 39.9 Å². The number of rotatable bonds is 35. The van der Waals surface area contributed by atoms with E-state index in [4.69, 9.17) is 18.5 Å². The quantitative estimate of drug-likeness (QED) is 0.0155. The van der Waals surface area contributed by atoms with Gasteiger partial charge in [0.15, 0.2) is 6.10 Å². The minimum atomic E-state index is -5.13. The number of carbonyl (C=O) groups is 2. The molecule has 0 heterocycles. The smallest absolute Gasteiger partial charge is 0.462 e. The van der Waals surface area contributed by atoms with Crippen molar-refractivity contribution in [3.63, 3.8) is 0 Å². The van der Waals surface area contributed by atoms with E-state index in [-0.39, 0.29) is 12.8 Å². The zero-order valence-electron chi connectivity index (χ0n) is 35.3. The van der Waals surface area contributed by atoms with Crippen LogP contribution >= 0.6 is 7.82 Å². The third-order valence-electron chi connectivity index (χ3n) is 10.0. The number of allylic oxidation sites excluding steroid dienone is 8. The normalized spacial score (nSPS) is 23.0. The molecule has 0 saturated heterocycles. The highest BCUT2D eigenvalue weighted by Crippen LogP contribution is 2.47. The van der Waals surface area contributed by atoms with Crippen LogP contribution in [-0.2, 0) is 32.7 Å². The number of hydrogen-bond donors (Lipinski definition) is 6. The molecule has 0 aromatic heterocycles. The summed E-state index contributed by atoms with van der Waals surface area (Å²) in [5.74, 6) is -1.14. The average molecular weight is 845 g/mol. The van der Waals surface area contributed by atoms with Crippen LogP contribution in [0.3, 0.4) is 0 Å². The van der Waals surface area contributed by atoms with Gasteiger partial charge >= 0.3 is 19.8 Å². The van der Waals surface area contributed by atoms with Crippen molar-refractivity contribution in [3.05, 3.63) is 48.6 Å². The Kier molecular flexibility index (Phi) is 32.0. The Morgan fingerprint density at radius 1 is 0.552 bits per heavy atom. The number of ether oxygens (including phenoxy) is 2. The number of phosphoric ester groups is 1. The van der Waals surface area contributed by atoms with Crippen molar-refractivity contribution >= 4 is 19.8 Å². The molecule has 1 aliphatic carbocycles. The number of phosphoric acid groups is 1. The van der Waals surface area contributed by atoms with Crippen molar-refractivity contribution in [2.24, 2.45) is 0 Å². The SMILES string of the molecule is CC/C=C/C=C/C=C/C=C/CCCCCC(=O)OC(COC(=O)CCCCCCCCCCCCCCCCCC)COP(=O)(O)OC1C(O)C(O)C(O)[C@H](O)C1O. The molecule has 0 aromatic carbocycles. The highest BCUT2D eigenvalue weighted by molar-refractivity contribution is 7.47. The van der Waals surface area contributed by atoms with Gasteiger partial charge in [-0.05, 0) is 32.1 Å². The maximum Gasteiger partial charge on any atom is 0.472 e. The van der Waals surface area contributed by atoms with Crippen LogP contribution in [0.2, 0.25) is 0 Å². The molecule has 8 atom stereocenters. The maximum atomic E-state index is 12.8. The molecule has 0 radical (unpaired) electrons. The first-order valence-corrected chi connectivity index (χ1v) is 23.5. The summed E-state index contributed by atoms with van der Waals surface area (Å²) in [6.45, 7) is 3.11. The lowest BCUT2D eigenvalue weighted by Crippen LogP contribution is -2.64. The highest BCUT2D eigenvalue weighted by Gasteiger charge is 2.51. The second-order valence-corrected chi connectivity index (χ2v) is 16.7. The Labute approximate surface area is 348 Å². The van der Waals surface area contributed by atoms with Gasteiger partial charge in [-0.2, -0.15) is 0 Å². The molecule has 1 aliphatic rings. The van der Waals surface area contributed by atoms with Crippen LogP contribution in [0.5, 0.6) is 0 Å². The van der Waals surface area contributed by atoms with E-state index >= 15 is 0 Å². The fraction of sp³-hybridized carbons (Fsp3) is 0.773. The average Bonchev–Trinajstić information content (AvgIpc) is 3.20. The van der Waals surface area contributed by atoms with Gasteiger partial charge in [-0.3, -0.25) is 18.6 Å². The summed E-state index contributed by atoms with van der Waals surface area (Å²) >= 11 is 0. The van der Waals surface area contributed by atoms with Gasteiger partial charge in [-0.15, -0.1) is 0 Å². The third kappa shape index (κ3) is 26.8. The number of esters is 2. The zero-order valence-corrected chi connectivity index (χ0v) is 36.2. The van der Waals surface area contributed by atoms with Gasteiger partial charge in [0, 0.05) is 12.8 Å². The zero-order chi connectivity index (χ0) is 42.9. The molecule has 1 rings (SSSR count). The Bertz CT molecular complexity index is 1210. The van der Waals surface area contributed by atoms with E-state index in [1.165, 1.54) is 77.0 Å². The lowest BCUT2D eigenvalue weighted by molar-refractivity contribution is -0.220. The van der Waals surface area contributed by atoms with E-state index in [2.05, 4.69) is 19.9 Å². The summed E-state index contributed by atoms with van der Waals surface area (Å²) in [4.78, 5) is 35.6. The Morgan fingerprint density at radius 2 is 0.983 bits per heavy atom. The third-order valence-corrected chi connectivity index (χ3v) is 11.0. The Morgan fingerprint density at radius 3 is 1.50 bits per heavy atom. The van der Waals surface area contributed by atoms with Crippen LogP contribution in [0.15, 0.2) is 48.6 Å². The summed E-state index contributed by atoms with van der Waals surface area (Å²) in [5.41, 5.74) is 0. The van der Waals surface area contributed by atoms with Gasteiger partial charge in [0.05, 0.1) is 6.61 Å². The predicted molar refractivity (Wildman–Crippen MR) is 226 cm³/mol. The lowest BCUT2D eigenvalue weighted by Gasteiger charge is -2.41. The summed E-state index contributed by atoms with van der Waals surface area (Å²) in [6.07, 6.45) is 26.1. The van der Waals surface area contributed by atoms with Crippen molar-refractivity contribution in [1.82, 2.24) is 0 Å². The molecule has 58 heavy (non-hydrogen) atoms. The van der Waals surface area contributed by atoms with Crippen molar-refractivity contribution in [2.75, 3.05) is 13.2 Å². The van der Waals surface area contributed by atoms with Gasteiger partial charge in [-0.1, -0.05) is 165 Å². The van der Waals surface area contributed by atoms with Crippen LogP contribution in [0.1, 0.15) is 162 Å². The van der Waals surface area contributed by atoms with Crippen LogP contribution in [0, 0.1) is 0 Å². The summed E-state index contributed by atoms with van der Waals surface area (Å²) in [5, 5.41) is 50.1. The summed E-state index contributed by atoms with van der Waals surface area (Å²) in [7, 11) is -5.13. The van der Waals surface area contributed by atoms with E-state index in [9.17, 15) is 44.6 Å².